The molecule has 0 bridgehead atoms. The minimum atomic E-state index is 1.04. The van der Waals surface area contributed by atoms with Crippen LogP contribution >= 0.6 is 0 Å². The zero-order valence-corrected chi connectivity index (χ0v) is 26.3. The maximum absolute atomic E-state index is 2.55. The molecule has 0 N–H and O–H groups in total. The first-order valence-electron chi connectivity index (χ1n) is 17.5. The summed E-state index contributed by atoms with van der Waals surface area (Å²) in [5, 5.41) is 0. The van der Waals surface area contributed by atoms with Crippen LogP contribution in [-0.4, -0.2) is 4.57 Å². The van der Waals surface area contributed by atoms with E-state index < -0.39 is 0 Å². The number of hydrogen-bond acceptors (Lipinski definition) is 0. The molecule has 0 aliphatic carbocycles. The van der Waals surface area contributed by atoms with Gasteiger partial charge in [0.1, 0.15) is 12.4 Å². The second-order valence-corrected chi connectivity index (χ2v) is 12.2. The Morgan fingerprint density at radius 2 is 0.949 bits per heavy atom. The van der Waals surface area contributed by atoms with Gasteiger partial charge in [0.2, 0.25) is 0 Å². The van der Waals surface area contributed by atoms with Gasteiger partial charge in [0.05, 0.1) is 19.5 Å². The van der Waals surface area contributed by atoms with Gasteiger partial charge in [0.25, 0.3) is 5.82 Å². The van der Waals surface area contributed by atoms with Crippen molar-refractivity contribution in [2.75, 3.05) is 0 Å². The van der Waals surface area contributed by atoms with Crippen molar-refractivity contribution in [3.63, 3.8) is 0 Å². The van der Waals surface area contributed by atoms with Crippen molar-refractivity contribution >= 4 is 0 Å². The second-order valence-electron chi connectivity index (χ2n) is 12.2. The van der Waals surface area contributed by atoms with Gasteiger partial charge >= 0.3 is 0 Å². The van der Waals surface area contributed by atoms with E-state index in [2.05, 4.69) is 65.7 Å². The van der Waals surface area contributed by atoms with Gasteiger partial charge in [0, 0.05) is 0 Å². The molecule has 2 heteroatoms. The van der Waals surface area contributed by atoms with E-state index in [1.807, 2.05) is 0 Å². The molecule has 222 valence electrons. The molecule has 0 saturated heterocycles. The molecule has 0 atom stereocenters. The highest BCUT2D eigenvalue weighted by atomic mass is 15.1. The molecule has 1 heterocycles. The quantitative estimate of drug-likeness (QED) is 0.0791. The Morgan fingerprint density at radius 3 is 1.44 bits per heavy atom. The minimum Gasteiger partial charge on any atom is -0.234 e. The third kappa shape index (κ3) is 17.0. The smallest absolute Gasteiger partial charge is 0.234 e. The van der Waals surface area contributed by atoms with E-state index in [1.165, 1.54) is 172 Å². The Hall–Kier alpha value is -1.57. The van der Waals surface area contributed by atoms with Gasteiger partial charge in [-0.1, -0.05) is 166 Å². The summed E-state index contributed by atoms with van der Waals surface area (Å²) in [5.74, 6) is 1.49. The number of aromatic nitrogens is 2. The summed E-state index contributed by atoms with van der Waals surface area (Å²) in [4.78, 5) is 0. The lowest BCUT2D eigenvalue weighted by molar-refractivity contribution is -0.703. The summed E-state index contributed by atoms with van der Waals surface area (Å²) in [6.45, 7) is 6.95. The monoisotopic (exact) mass is 538 g/mol. The lowest BCUT2D eigenvalue weighted by Crippen LogP contribution is -2.37. The highest BCUT2D eigenvalue weighted by molar-refractivity contribution is 5.18. The van der Waals surface area contributed by atoms with Gasteiger partial charge in [-0.3, -0.25) is 0 Å². The van der Waals surface area contributed by atoms with E-state index in [0.29, 0.717) is 0 Å². The SMILES string of the molecule is CCCCCCCCCCCCCCCCCCn1cc[n+](CCCCCCCCC)c1Cc1ccccc1. The fourth-order valence-electron chi connectivity index (χ4n) is 5.96. The summed E-state index contributed by atoms with van der Waals surface area (Å²) in [6, 6.07) is 11.1. The van der Waals surface area contributed by atoms with Crippen LogP contribution in [0.4, 0.5) is 0 Å². The Kier molecular flexibility index (Phi) is 20.9. The molecular formula is C37H65N2+. The van der Waals surface area contributed by atoms with Gasteiger partial charge in [-0.2, -0.15) is 0 Å². The van der Waals surface area contributed by atoms with Crippen LogP contribution in [0.1, 0.15) is 173 Å². The molecule has 2 nitrogen and oxygen atoms in total. The van der Waals surface area contributed by atoms with Crippen molar-refractivity contribution in [2.45, 2.75) is 181 Å². The number of rotatable bonds is 27. The van der Waals surface area contributed by atoms with Crippen LogP contribution in [0.25, 0.3) is 0 Å². The fraction of sp³-hybridized carbons (Fsp3) is 0.757. The second kappa shape index (κ2) is 24.2. The zero-order chi connectivity index (χ0) is 27.6. The van der Waals surface area contributed by atoms with Gasteiger partial charge in [0.15, 0.2) is 0 Å². The average Bonchev–Trinajstić information content (AvgIpc) is 3.33. The van der Waals surface area contributed by atoms with Crippen molar-refractivity contribution in [1.29, 1.82) is 0 Å². The molecule has 0 aliphatic heterocycles. The molecule has 0 radical (unpaired) electrons. The molecule has 0 fully saturated rings. The first-order chi connectivity index (χ1) is 19.3. The average molecular weight is 538 g/mol. The van der Waals surface area contributed by atoms with Crippen LogP contribution < -0.4 is 4.57 Å². The zero-order valence-electron chi connectivity index (χ0n) is 26.3. The predicted octanol–water partition coefficient (Wildman–Crippen LogP) is 11.4. The highest BCUT2D eigenvalue weighted by Crippen LogP contribution is 2.15. The Balaban J connectivity index is 1.58. The Labute approximate surface area is 244 Å². The summed E-state index contributed by atoms with van der Waals surface area (Å²) < 4.78 is 5.10. The maximum Gasteiger partial charge on any atom is 0.260 e. The standard InChI is InChI=1S/C37H65N2/c1-3-5-7-9-11-12-13-14-15-16-17-18-19-21-23-28-32-39-34-33-38(31-27-22-20-10-8-6-4-2)37(39)35-36-29-25-24-26-30-36/h24-26,29-30,33-34H,3-23,27-28,31-32,35H2,1-2H3/q+1. The van der Waals surface area contributed by atoms with Crippen molar-refractivity contribution in [3.05, 3.63) is 54.1 Å². The molecule has 39 heavy (non-hydrogen) atoms. The molecule has 2 aromatic rings. The Morgan fingerprint density at radius 1 is 0.513 bits per heavy atom. The van der Waals surface area contributed by atoms with Crippen molar-refractivity contribution < 1.29 is 4.57 Å². The normalized spacial score (nSPS) is 11.4. The number of hydrogen-bond donors (Lipinski definition) is 0. The molecule has 1 aromatic heterocycles. The van der Waals surface area contributed by atoms with Crippen molar-refractivity contribution in [3.8, 4) is 0 Å². The molecular weight excluding hydrogens is 472 g/mol. The predicted molar refractivity (Wildman–Crippen MR) is 171 cm³/mol. The number of unbranched alkanes of at least 4 members (excludes halogenated alkanes) is 21. The van der Waals surface area contributed by atoms with Crippen LogP contribution in [0.3, 0.4) is 0 Å². The minimum absolute atomic E-state index is 1.04. The van der Waals surface area contributed by atoms with Crippen LogP contribution in [-0.2, 0) is 19.5 Å². The molecule has 1 aromatic carbocycles. The van der Waals surface area contributed by atoms with Gasteiger partial charge in [-0.15, -0.1) is 0 Å². The van der Waals surface area contributed by atoms with Crippen LogP contribution in [0, 0.1) is 0 Å². The van der Waals surface area contributed by atoms with Crippen LogP contribution in [0.2, 0.25) is 0 Å². The van der Waals surface area contributed by atoms with Gasteiger partial charge < -0.3 is 0 Å². The number of benzene rings is 1. The summed E-state index contributed by atoms with van der Waals surface area (Å²) in [6.07, 6.45) is 38.3. The fourth-order valence-corrected chi connectivity index (χ4v) is 5.96. The first-order valence-corrected chi connectivity index (χ1v) is 17.5. The van der Waals surface area contributed by atoms with Gasteiger partial charge in [-0.05, 0) is 31.2 Å². The molecule has 2 rings (SSSR count). The summed E-state index contributed by atoms with van der Waals surface area (Å²) in [5.41, 5.74) is 1.43. The third-order valence-corrected chi connectivity index (χ3v) is 8.55. The lowest BCUT2D eigenvalue weighted by Gasteiger charge is -2.07. The summed E-state index contributed by atoms with van der Waals surface area (Å²) in [7, 11) is 0. The molecule has 0 unspecified atom stereocenters. The van der Waals surface area contributed by atoms with E-state index >= 15 is 0 Å². The van der Waals surface area contributed by atoms with E-state index in [4.69, 9.17) is 0 Å². The number of aryl methyl sites for hydroxylation is 2. The van der Waals surface area contributed by atoms with E-state index in [9.17, 15) is 0 Å². The summed E-state index contributed by atoms with van der Waals surface area (Å²) >= 11 is 0. The van der Waals surface area contributed by atoms with Gasteiger partial charge in [-0.25, -0.2) is 9.13 Å². The van der Waals surface area contributed by atoms with E-state index in [-0.39, 0.29) is 0 Å². The number of imidazole rings is 1. The van der Waals surface area contributed by atoms with E-state index in [1.54, 1.807) is 0 Å². The van der Waals surface area contributed by atoms with Crippen molar-refractivity contribution in [1.82, 2.24) is 4.57 Å². The maximum atomic E-state index is 2.55. The van der Waals surface area contributed by atoms with Crippen molar-refractivity contribution in [2.24, 2.45) is 0 Å². The topological polar surface area (TPSA) is 8.81 Å². The third-order valence-electron chi connectivity index (χ3n) is 8.55. The molecule has 0 aliphatic rings. The van der Waals surface area contributed by atoms with Crippen LogP contribution in [0.15, 0.2) is 42.7 Å². The Bertz CT molecular complexity index is 778. The lowest BCUT2D eigenvalue weighted by atomic mass is 10.0. The molecule has 0 spiro atoms. The highest BCUT2D eigenvalue weighted by Gasteiger charge is 2.17. The first kappa shape index (κ1) is 33.6. The molecule has 0 saturated carbocycles. The molecule has 0 amide bonds. The van der Waals surface area contributed by atoms with E-state index in [0.717, 1.165) is 6.42 Å². The van der Waals surface area contributed by atoms with Crippen LogP contribution in [0.5, 0.6) is 0 Å². The number of nitrogens with zero attached hydrogens (tertiary/aromatic N) is 2. The largest absolute Gasteiger partial charge is 0.260 e.